The molecule has 1 aromatic carbocycles. The van der Waals surface area contributed by atoms with Crippen LogP contribution in [0.3, 0.4) is 0 Å². The number of benzene rings is 1. The first-order chi connectivity index (χ1) is 7.02. The molecule has 0 N–H and O–H groups in total. The van der Waals surface area contributed by atoms with Gasteiger partial charge >= 0.3 is 0 Å². The Labute approximate surface area is 88.7 Å². The molecule has 3 nitrogen and oxygen atoms in total. The van der Waals surface area contributed by atoms with E-state index in [4.69, 9.17) is 0 Å². The van der Waals surface area contributed by atoms with Crippen LogP contribution in [-0.2, 0) is 5.54 Å². The van der Waals surface area contributed by atoms with E-state index in [1.54, 1.807) is 0 Å². The second kappa shape index (κ2) is 3.19. The van der Waals surface area contributed by atoms with Crippen LogP contribution >= 0.6 is 0 Å². The van der Waals surface area contributed by atoms with Crippen LogP contribution in [0.15, 0.2) is 24.5 Å². The first kappa shape index (κ1) is 9.90. The van der Waals surface area contributed by atoms with Crippen molar-refractivity contribution in [2.24, 2.45) is 0 Å². The molecular weight excluding hydrogens is 188 g/mol. The van der Waals surface area contributed by atoms with Crippen LogP contribution in [0, 0.1) is 0 Å². The maximum Gasteiger partial charge on any atom is 0.150 e. The van der Waals surface area contributed by atoms with Gasteiger partial charge in [-0.15, -0.1) is 0 Å². The number of aromatic nitrogens is 2. The van der Waals surface area contributed by atoms with E-state index >= 15 is 0 Å². The molecule has 0 aliphatic carbocycles. The summed E-state index contributed by atoms with van der Waals surface area (Å²) in [6.07, 6.45) is 2.66. The van der Waals surface area contributed by atoms with Crippen LogP contribution < -0.4 is 0 Å². The second-order valence-corrected chi connectivity index (χ2v) is 4.65. The maximum atomic E-state index is 10.6. The van der Waals surface area contributed by atoms with Crippen molar-refractivity contribution in [3.63, 3.8) is 0 Å². The highest BCUT2D eigenvalue weighted by Gasteiger charge is 2.15. The predicted molar refractivity (Wildman–Crippen MR) is 60.1 cm³/mol. The number of carbonyl (C=O) groups excluding carboxylic acids is 1. The van der Waals surface area contributed by atoms with E-state index in [1.807, 2.05) is 24.5 Å². The molecule has 0 bridgehead atoms. The Kier molecular flexibility index (Phi) is 2.11. The van der Waals surface area contributed by atoms with E-state index in [0.29, 0.717) is 5.56 Å². The minimum Gasteiger partial charge on any atom is -0.325 e. The van der Waals surface area contributed by atoms with Crippen LogP contribution in [0.2, 0.25) is 0 Å². The number of imidazole rings is 1. The smallest absolute Gasteiger partial charge is 0.150 e. The van der Waals surface area contributed by atoms with Crippen molar-refractivity contribution >= 4 is 17.3 Å². The monoisotopic (exact) mass is 202 g/mol. The van der Waals surface area contributed by atoms with Gasteiger partial charge in [0.15, 0.2) is 0 Å². The molecule has 0 amide bonds. The van der Waals surface area contributed by atoms with Crippen molar-refractivity contribution in [3.8, 4) is 0 Å². The molecule has 0 radical (unpaired) electrons. The zero-order valence-corrected chi connectivity index (χ0v) is 9.19. The minimum absolute atomic E-state index is 0.0114. The topological polar surface area (TPSA) is 34.9 Å². The summed E-state index contributed by atoms with van der Waals surface area (Å²) in [7, 11) is 0. The largest absolute Gasteiger partial charge is 0.325 e. The van der Waals surface area contributed by atoms with Gasteiger partial charge in [-0.3, -0.25) is 4.79 Å². The Morgan fingerprint density at radius 1 is 1.33 bits per heavy atom. The molecular formula is C12H14N2O. The van der Waals surface area contributed by atoms with Crippen molar-refractivity contribution in [1.29, 1.82) is 0 Å². The van der Waals surface area contributed by atoms with Crippen molar-refractivity contribution in [2.45, 2.75) is 26.3 Å². The lowest BCUT2D eigenvalue weighted by Gasteiger charge is -2.21. The van der Waals surface area contributed by atoms with E-state index in [1.165, 1.54) is 0 Å². The van der Waals surface area contributed by atoms with Gasteiger partial charge in [0, 0.05) is 11.1 Å². The summed E-state index contributed by atoms with van der Waals surface area (Å²) < 4.78 is 2.11. The molecule has 0 unspecified atom stereocenters. The van der Waals surface area contributed by atoms with Gasteiger partial charge in [0.2, 0.25) is 0 Å². The summed E-state index contributed by atoms with van der Waals surface area (Å²) in [5, 5.41) is 0. The van der Waals surface area contributed by atoms with Crippen LogP contribution in [-0.4, -0.2) is 15.8 Å². The van der Waals surface area contributed by atoms with Gasteiger partial charge in [0.1, 0.15) is 6.29 Å². The first-order valence-electron chi connectivity index (χ1n) is 4.95. The molecule has 15 heavy (non-hydrogen) atoms. The van der Waals surface area contributed by atoms with Crippen LogP contribution in [0.1, 0.15) is 31.1 Å². The summed E-state index contributed by atoms with van der Waals surface area (Å²) in [6.45, 7) is 6.38. The fourth-order valence-electron chi connectivity index (χ4n) is 1.64. The number of carbonyl (C=O) groups is 1. The molecule has 1 heterocycles. The third-order valence-corrected chi connectivity index (χ3v) is 2.43. The summed E-state index contributed by atoms with van der Waals surface area (Å²) >= 11 is 0. The molecule has 2 aromatic rings. The number of hydrogen-bond donors (Lipinski definition) is 0. The average Bonchev–Trinajstić information content (AvgIpc) is 2.59. The highest BCUT2D eigenvalue weighted by molar-refractivity contribution is 5.85. The molecule has 2 rings (SSSR count). The van der Waals surface area contributed by atoms with Gasteiger partial charge in [-0.1, -0.05) is 0 Å². The summed E-state index contributed by atoms with van der Waals surface area (Å²) in [6, 6.07) is 5.57. The fraction of sp³-hybridized carbons (Fsp3) is 0.333. The SMILES string of the molecule is CC(C)(C)n1cnc2cc(C=O)ccc21. The average molecular weight is 202 g/mol. The Bertz CT molecular complexity index is 506. The molecule has 0 spiro atoms. The van der Waals surface area contributed by atoms with E-state index < -0.39 is 0 Å². The van der Waals surface area contributed by atoms with Crippen LogP contribution in [0.4, 0.5) is 0 Å². The number of nitrogens with zero attached hydrogens (tertiary/aromatic N) is 2. The summed E-state index contributed by atoms with van der Waals surface area (Å²) in [4.78, 5) is 14.9. The number of aldehydes is 1. The molecule has 0 fully saturated rings. The van der Waals surface area contributed by atoms with Gasteiger partial charge < -0.3 is 4.57 Å². The molecule has 0 aliphatic rings. The quantitative estimate of drug-likeness (QED) is 0.666. The Hall–Kier alpha value is -1.64. The van der Waals surface area contributed by atoms with E-state index in [-0.39, 0.29) is 5.54 Å². The van der Waals surface area contributed by atoms with Gasteiger partial charge in [0.25, 0.3) is 0 Å². The number of rotatable bonds is 1. The predicted octanol–water partition coefficient (Wildman–Crippen LogP) is 2.60. The maximum absolute atomic E-state index is 10.6. The lowest BCUT2D eigenvalue weighted by atomic mass is 10.1. The van der Waals surface area contributed by atoms with Gasteiger partial charge in [0.05, 0.1) is 17.4 Å². The van der Waals surface area contributed by atoms with Crippen molar-refractivity contribution in [3.05, 3.63) is 30.1 Å². The molecule has 78 valence electrons. The van der Waals surface area contributed by atoms with Crippen molar-refractivity contribution in [2.75, 3.05) is 0 Å². The molecule has 0 saturated heterocycles. The summed E-state index contributed by atoms with van der Waals surface area (Å²) in [5.41, 5.74) is 2.61. The fourth-order valence-corrected chi connectivity index (χ4v) is 1.64. The highest BCUT2D eigenvalue weighted by atomic mass is 16.1. The third kappa shape index (κ3) is 1.65. The molecule has 3 heteroatoms. The highest BCUT2D eigenvalue weighted by Crippen LogP contribution is 2.22. The number of hydrogen-bond acceptors (Lipinski definition) is 2. The second-order valence-electron chi connectivity index (χ2n) is 4.65. The molecule has 0 aliphatic heterocycles. The van der Waals surface area contributed by atoms with Crippen molar-refractivity contribution in [1.82, 2.24) is 9.55 Å². The van der Waals surface area contributed by atoms with Crippen molar-refractivity contribution < 1.29 is 4.79 Å². The first-order valence-corrected chi connectivity index (χ1v) is 4.95. The Morgan fingerprint density at radius 2 is 2.07 bits per heavy atom. The molecule has 1 aromatic heterocycles. The van der Waals surface area contributed by atoms with Gasteiger partial charge in [-0.05, 0) is 39.0 Å². The van der Waals surface area contributed by atoms with Crippen LogP contribution in [0.5, 0.6) is 0 Å². The zero-order valence-electron chi connectivity index (χ0n) is 9.19. The lowest BCUT2D eigenvalue weighted by molar-refractivity contribution is 0.112. The standard InChI is InChI=1S/C12H14N2O/c1-12(2,3)14-8-13-10-6-9(7-15)4-5-11(10)14/h4-8H,1-3H3. The minimum atomic E-state index is 0.0114. The zero-order chi connectivity index (χ0) is 11.1. The Balaban J connectivity index is 2.67. The van der Waals surface area contributed by atoms with Gasteiger partial charge in [-0.25, -0.2) is 4.98 Å². The Morgan fingerprint density at radius 3 is 2.67 bits per heavy atom. The van der Waals surface area contributed by atoms with E-state index in [0.717, 1.165) is 17.3 Å². The molecule has 0 atom stereocenters. The van der Waals surface area contributed by atoms with Crippen LogP contribution in [0.25, 0.3) is 11.0 Å². The third-order valence-electron chi connectivity index (χ3n) is 2.43. The number of fused-ring (bicyclic) bond motifs is 1. The normalized spacial score (nSPS) is 11.9. The van der Waals surface area contributed by atoms with E-state index in [2.05, 4.69) is 30.3 Å². The van der Waals surface area contributed by atoms with E-state index in [9.17, 15) is 4.79 Å². The summed E-state index contributed by atoms with van der Waals surface area (Å²) in [5.74, 6) is 0. The van der Waals surface area contributed by atoms with Gasteiger partial charge in [-0.2, -0.15) is 0 Å². The lowest BCUT2D eigenvalue weighted by Crippen LogP contribution is -2.20. The molecule has 0 saturated carbocycles.